The van der Waals surface area contributed by atoms with Crippen molar-refractivity contribution in [3.05, 3.63) is 35.4 Å². The van der Waals surface area contributed by atoms with Crippen LogP contribution in [-0.4, -0.2) is 12.6 Å². The van der Waals surface area contributed by atoms with Gasteiger partial charge in [-0.05, 0) is 55.2 Å². The molecule has 1 N–H and O–H groups in total. The van der Waals surface area contributed by atoms with Crippen LogP contribution in [0.5, 0.6) is 0 Å². The van der Waals surface area contributed by atoms with E-state index < -0.39 is 0 Å². The van der Waals surface area contributed by atoms with E-state index in [-0.39, 0.29) is 0 Å². The number of nitrogens with one attached hydrogen (secondary N) is 1. The van der Waals surface area contributed by atoms with E-state index in [1.807, 2.05) is 0 Å². The number of benzene rings is 1. The van der Waals surface area contributed by atoms with Crippen molar-refractivity contribution >= 4 is 0 Å². The van der Waals surface area contributed by atoms with Crippen LogP contribution in [0.3, 0.4) is 0 Å². The molecule has 1 heteroatoms. The molecule has 0 amide bonds. The molecule has 1 aliphatic carbocycles. The Balaban J connectivity index is 2.05. The first-order valence-electron chi connectivity index (χ1n) is 8.49. The molecule has 0 saturated heterocycles. The lowest BCUT2D eigenvalue weighted by Gasteiger charge is -2.35. The number of aryl methyl sites for hydroxylation is 1. The van der Waals surface area contributed by atoms with E-state index in [1.54, 1.807) is 0 Å². The minimum Gasteiger partial charge on any atom is -0.313 e. The van der Waals surface area contributed by atoms with Gasteiger partial charge in [-0.3, -0.25) is 0 Å². The van der Waals surface area contributed by atoms with E-state index >= 15 is 0 Å². The molecule has 0 radical (unpaired) electrons. The minimum absolute atomic E-state index is 0.499. The summed E-state index contributed by atoms with van der Waals surface area (Å²) in [6.07, 6.45) is 9.14. The zero-order valence-electron chi connectivity index (χ0n) is 13.5. The van der Waals surface area contributed by atoms with Crippen LogP contribution >= 0.6 is 0 Å². The molecule has 1 atom stereocenters. The highest BCUT2D eigenvalue weighted by atomic mass is 14.9. The normalized spacial score (nSPS) is 19.1. The highest BCUT2D eigenvalue weighted by molar-refractivity contribution is 5.23. The van der Waals surface area contributed by atoms with Crippen molar-refractivity contribution in [3.63, 3.8) is 0 Å². The largest absolute Gasteiger partial charge is 0.313 e. The smallest absolute Gasteiger partial charge is 0.0161 e. The zero-order chi connectivity index (χ0) is 14.4. The third-order valence-electron chi connectivity index (χ3n) is 5.10. The first-order valence-corrected chi connectivity index (χ1v) is 8.49. The van der Waals surface area contributed by atoms with Crippen LogP contribution in [0.2, 0.25) is 0 Å². The van der Waals surface area contributed by atoms with Crippen molar-refractivity contribution in [2.24, 2.45) is 5.41 Å². The maximum Gasteiger partial charge on any atom is 0.0161 e. The van der Waals surface area contributed by atoms with Gasteiger partial charge in [0.2, 0.25) is 0 Å². The molecule has 0 aromatic heterocycles. The Morgan fingerprint density at radius 3 is 2.20 bits per heavy atom. The highest BCUT2D eigenvalue weighted by Crippen LogP contribution is 2.41. The lowest BCUT2D eigenvalue weighted by molar-refractivity contribution is 0.219. The van der Waals surface area contributed by atoms with Gasteiger partial charge in [0.05, 0.1) is 0 Å². The summed E-state index contributed by atoms with van der Waals surface area (Å²) in [7, 11) is 0. The fourth-order valence-corrected chi connectivity index (χ4v) is 3.56. The topological polar surface area (TPSA) is 12.0 Å². The number of hydrogen-bond donors (Lipinski definition) is 1. The van der Waals surface area contributed by atoms with Crippen molar-refractivity contribution in [1.29, 1.82) is 0 Å². The predicted octanol–water partition coefficient (Wildman–Crippen LogP) is 4.74. The molecular formula is C19H31N. The molecule has 1 aromatic rings. The standard InChI is InChI=1S/C19H31N/c1-4-14-20-18(19(3)12-6-7-13-19)15-17-10-8-16(5-2)9-11-17/h8-11,18,20H,4-7,12-15H2,1-3H3. The van der Waals surface area contributed by atoms with Crippen LogP contribution in [0, 0.1) is 5.41 Å². The van der Waals surface area contributed by atoms with Crippen LogP contribution in [0.1, 0.15) is 64.0 Å². The predicted molar refractivity (Wildman–Crippen MR) is 88.2 cm³/mol. The third-order valence-corrected chi connectivity index (χ3v) is 5.10. The van der Waals surface area contributed by atoms with Gasteiger partial charge in [0, 0.05) is 6.04 Å². The van der Waals surface area contributed by atoms with E-state index in [9.17, 15) is 0 Å². The molecular weight excluding hydrogens is 242 g/mol. The maximum absolute atomic E-state index is 3.83. The molecule has 0 spiro atoms. The van der Waals surface area contributed by atoms with Gasteiger partial charge in [0.1, 0.15) is 0 Å². The quantitative estimate of drug-likeness (QED) is 0.756. The van der Waals surface area contributed by atoms with Crippen LogP contribution in [0.4, 0.5) is 0 Å². The van der Waals surface area contributed by atoms with Crippen molar-refractivity contribution in [2.75, 3.05) is 6.54 Å². The Hall–Kier alpha value is -0.820. The Morgan fingerprint density at radius 1 is 1.05 bits per heavy atom. The summed E-state index contributed by atoms with van der Waals surface area (Å²) in [6, 6.07) is 9.89. The molecule has 0 bridgehead atoms. The van der Waals surface area contributed by atoms with Gasteiger partial charge in [0.25, 0.3) is 0 Å². The van der Waals surface area contributed by atoms with Crippen molar-refractivity contribution in [1.82, 2.24) is 5.32 Å². The average molecular weight is 273 g/mol. The summed E-state index contributed by atoms with van der Waals surface area (Å²) in [5.41, 5.74) is 3.43. The van der Waals surface area contributed by atoms with Gasteiger partial charge < -0.3 is 5.32 Å². The van der Waals surface area contributed by atoms with Crippen LogP contribution in [0.15, 0.2) is 24.3 Å². The Labute approximate surface area is 125 Å². The maximum atomic E-state index is 3.83. The van der Waals surface area contributed by atoms with Crippen LogP contribution < -0.4 is 5.32 Å². The van der Waals surface area contributed by atoms with Crippen molar-refractivity contribution in [3.8, 4) is 0 Å². The van der Waals surface area contributed by atoms with Gasteiger partial charge in [-0.1, -0.05) is 57.9 Å². The van der Waals surface area contributed by atoms with E-state index in [1.165, 1.54) is 49.7 Å². The molecule has 20 heavy (non-hydrogen) atoms. The summed E-state index contributed by atoms with van der Waals surface area (Å²) in [6.45, 7) is 8.12. The highest BCUT2D eigenvalue weighted by Gasteiger charge is 2.36. The third kappa shape index (κ3) is 3.85. The zero-order valence-corrected chi connectivity index (χ0v) is 13.5. The molecule has 0 aliphatic heterocycles. The second kappa shape index (κ2) is 7.26. The molecule has 1 fully saturated rings. The Morgan fingerprint density at radius 2 is 1.65 bits per heavy atom. The van der Waals surface area contributed by atoms with Crippen molar-refractivity contribution in [2.45, 2.75) is 71.8 Å². The van der Waals surface area contributed by atoms with Gasteiger partial charge in [0.15, 0.2) is 0 Å². The summed E-state index contributed by atoms with van der Waals surface area (Å²) in [4.78, 5) is 0. The first kappa shape index (κ1) is 15.6. The lowest BCUT2D eigenvalue weighted by atomic mass is 9.77. The summed E-state index contributed by atoms with van der Waals surface area (Å²) in [5.74, 6) is 0. The van der Waals surface area contributed by atoms with Gasteiger partial charge in [-0.15, -0.1) is 0 Å². The fourth-order valence-electron chi connectivity index (χ4n) is 3.56. The van der Waals surface area contributed by atoms with E-state index in [0.29, 0.717) is 11.5 Å². The summed E-state index contributed by atoms with van der Waals surface area (Å²) >= 11 is 0. The fraction of sp³-hybridized carbons (Fsp3) is 0.684. The average Bonchev–Trinajstić information content (AvgIpc) is 2.92. The van der Waals surface area contributed by atoms with E-state index in [0.717, 1.165) is 13.0 Å². The second-order valence-electron chi connectivity index (χ2n) is 6.74. The molecule has 1 aliphatic rings. The molecule has 112 valence electrons. The Bertz CT molecular complexity index is 387. The summed E-state index contributed by atoms with van der Waals surface area (Å²) < 4.78 is 0. The molecule has 2 rings (SSSR count). The minimum atomic E-state index is 0.499. The first-order chi connectivity index (χ1) is 9.68. The summed E-state index contributed by atoms with van der Waals surface area (Å²) in [5, 5.41) is 3.83. The Kier molecular flexibility index (Phi) is 5.65. The number of rotatable bonds is 7. The van der Waals surface area contributed by atoms with Crippen LogP contribution in [0.25, 0.3) is 0 Å². The lowest BCUT2D eigenvalue weighted by Crippen LogP contribution is -2.44. The van der Waals surface area contributed by atoms with E-state index in [2.05, 4.69) is 50.4 Å². The van der Waals surface area contributed by atoms with Gasteiger partial charge in [-0.2, -0.15) is 0 Å². The number of hydrogen-bond acceptors (Lipinski definition) is 1. The SMILES string of the molecule is CCCNC(Cc1ccc(CC)cc1)C1(C)CCCC1. The monoisotopic (exact) mass is 273 g/mol. The molecule has 0 heterocycles. The van der Waals surface area contributed by atoms with E-state index in [4.69, 9.17) is 0 Å². The molecule has 1 saturated carbocycles. The van der Waals surface area contributed by atoms with Crippen LogP contribution in [-0.2, 0) is 12.8 Å². The van der Waals surface area contributed by atoms with Crippen molar-refractivity contribution < 1.29 is 0 Å². The second-order valence-corrected chi connectivity index (χ2v) is 6.74. The molecule has 1 aromatic carbocycles. The molecule has 1 unspecified atom stereocenters. The molecule has 1 nitrogen and oxygen atoms in total. The van der Waals surface area contributed by atoms with Gasteiger partial charge in [-0.25, -0.2) is 0 Å². The van der Waals surface area contributed by atoms with Gasteiger partial charge >= 0.3 is 0 Å².